The van der Waals surface area contributed by atoms with Crippen LogP contribution in [0.25, 0.3) is 0 Å². The van der Waals surface area contributed by atoms with Crippen molar-refractivity contribution in [1.82, 2.24) is 15.1 Å². The predicted octanol–water partition coefficient (Wildman–Crippen LogP) is 0.904. The molecule has 0 aliphatic carbocycles. The van der Waals surface area contributed by atoms with Gasteiger partial charge in [0.15, 0.2) is 11.5 Å². The lowest BCUT2D eigenvalue weighted by atomic mass is 9.92. The van der Waals surface area contributed by atoms with Gasteiger partial charge in [-0.3, -0.25) is 14.5 Å². The molecule has 0 radical (unpaired) electrons. The van der Waals surface area contributed by atoms with E-state index < -0.39 is 17.5 Å². The first-order valence-electron chi connectivity index (χ1n) is 9.71. The second kappa shape index (κ2) is 7.22. The zero-order chi connectivity index (χ0) is 20.8. The quantitative estimate of drug-likeness (QED) is 0.751. The van der Waals surface area contributed by atoms with Crippen molar-refractivity contribution >= 4 is 17.8 Å². The number of rotatable bonds is 4. The average Bonchev–Trinajstić information content (AvgIpc) is 3.19. The first-order chi connectivity index (χ1) is 13.7. The number of imide groups is 1. The van der Waals surface area contributed by atoms with Gasteiger partial charge in [0.25, 0.3) is 5.91 Å². The molecule has 3 atom stereocenters. The fourth-order valence-electron chi connectivity index (χ4n) is 4.09. The summed E-state index contributed by atoms with van der Waals surface area (Å²) in [5.74, 6) is 0.595. The maximum absolute atomic E-state index is 13.0. The highest BCUT2D eigenvalue weighted by molar-refractivity contribution is 6.09. The number of hydrogen-bond acceptors (Lipinski definition) is 6. The van der Waals surface area contributed by atoms with E-state index in [2.05, 4.69) is 5.32 Å². The molecule has 29 heavy (non-hydrogen) atoms. The van der Waals surface area contributed by atoms with E-state index in [1.807, 2.05) is 19.9 Å². The van der Waals surface area contributed by atoms with E-state index >= 15 is 0 Å². The van der Waals surface area contributed by atoms with Crippen molar-refractivity contribution in [3.8, 4) is 11.5 Å². The Balaban J connectivity index is 1.44. The van der Waals surface area contributed by atoms with Crippen molar-refractivity contribution in [3.63, 3.8) is 0 Å². The Hall–Kier alpha value is -2.81. The summed E-state index contributed by atoms with van der Waals surface area (Å²) in [5, 5.41) is 2.74. The van der Waals surface area contributed by atoms with Gasteiger partial charge in [0.05, 0.1) is 12.2 Å². The molecule has 9 nitrogen and oxygen atoms in total. The molecule has 156 valence electrons. The Bertz CT molecular complexity index is 849. The summed E-state index contributed by atoms with van der Waals surface area (Å²) in [7, 11) is 0. The Labute approximate surface area is 168 Å². The molecule has 3 aliphatic heterocycles. The number of urea groups is 1. The van der Waals surface area contributed by atoms with Gasteiger partial charge in [0.1, 0.15) is 12.1 Å². The maximum Gasteiger partial charge on any atom is 0.325 e. The van der Waals surface area contributed by atoms with Crippen molar-refractivity contribution in [2.45, 2.75) is 44.9 Å². The van der Waals surface area contributed by atoms with Crippen molar-refractivity contribution in [2.24, 2.45) is 0 Å². The van der Waals surface area contributed by atoms with Crippen LogP contribution in [0.4, 0.5) is 4.79 Å². The number of fused-ring (bicyclic) bond motifs is 1. The van der Waals surface area contributed by atoms with Crippen molar-refractivity contribution in [1.29, 1.82) is 0 Å². The van der Waals surface area contributed by atoms with Gasteiger partial charge in [-0.25, -0.2) is 4.79 Å². The molecule has 0 saturated carbocycles. The van der Waals surface area contributed by atoms with Crippen LogP contribution < -0.4 is 14.8 Å². The van der Waals surface area contributed by atoms with Crippen LogP contribution in [0.2, 0.25) is 0 Å². The van der Waals surface area contributed by atoms with Gasteiger partial charge in [-0.2, -0.15) is 0 Å². The molecule has 0 bridgehead atoms. The summed E-state index contributed by atoms with van der Waals surface area (Å²) >= 11 is 0. The van der Waals surface area contributed by atoms with E-state index in [4.69, 9.17) is 14.2 Å². The van der Waals surface area contributed by atoms with Crippen molar-refractivity contribution < 1.29 is 28.6 Å². The van der Waals surface area contributed by atoms with Crippen LogP contribution in [-0.2, 0) is 20.7 Å². The SMILES string of the molecule is C[C@@H]1CN(C(=O)CN2C(=O)N[C@](C)(Cc3ccc4c(c3)OCO4)C2=O)C[C@H](C)O1. The van der Waals surface area contributed by atoms with Gasteiger partial charge in [0.2, 0.25) is 12.7 Å². The predicted molar refractivity (Wildman–Crippen MR) is 102 cm³/mol. The minimum atomic E-state index is -1.13. The smallest absolute Gasteiger partial charge is 0.325 e. The zero-order valence-electron chi connectivity index (χ0n) is 16.8. The van der Waals surface area contributed by atoms with Gasteiger partial charge in [-0.15, -0.1) is 0 Å². The van der Waals surface area contributed by atoms with E-state index in [1.165, 1.54) is 0 Å². The molecule has 4 amide bonds. The number of carbonyl (C=O) groups excluding carboxylic acids is 3. The number of carbonyl (C=O) groups is 3. The summed E-state index contributed by atoms with van der Waals surface area (Å²) < 4.78 is 16.3. The molecule has 3 heterocycles. The first kappa shape index (κ1) is 19.5. The third-order valence-corrected chi connectivity index (χ3v) is 5.41. The zero-order valence-corrected chi connectivity index (χ0v) is 16.8. The lowest BCUT2D eigenvalue weighted by Gasteiger charge is -2.35. The Morgan fingerprint density at radius 2 is 1.86 bits per heavy atom. The van der Waals surface area contributed by atoms with Crippen LogP contribution in [0.1, 0.15) is 26.3 Å². The highest BCUT2D eigenvalue weighted by Crippen LogP contribution is 2.34. The molecule has 0 spiro atoms. The van der Waals surface area contributed by atoms with Gasteiger partial charge < -0.3 is 24.4 Å². The monoisotopic (exact) mass is 403 g/mol. The van der Waals surface area contributed by atoms with Crippen LogP contribution in [0, 0.1) is 0 Å². The molecule has 1 aromatic carbocycles. The Morgan fingerprint density at radius 1 is 1.17 bits per heavy atom. The normalized spacial score (nSPS) is 28.7. The van der Waals surface area contributed by atoms with Crippen LogP contribution in [-0.4, -0.2) is 71.8 Å². The first-order valence-corrected chi connectivity index (χ1v) is 9.71. The van der Waals surface area contributed by atoms with Gasteiger partial charge in [-0.1, -0.05) is 6.07 Å². The number of benzene rings is 1. The van der Waals surface area contributed by atoms with E-state index in [9.17, 15) is 14.4 Å². The molecule has 3 aliphatic rings. The highest BCUT2D eigenvalue weighted by Gasteiger charge is 2.48. The minimum absolute atomic E-state index is 0.0814. The second-order valence-electron chi connectivity index (χ2n) is 8.07. The molecule has 1 N–H and O–H groups in total. The standard InChI is InChI=1S/C20H25N3O6/c1-12-8-22(9-13(2)29-12)17(24)10-23-18(25)20(3,21-19(23)26)7-14-4-5-15-16(6-14)28-11-27-15/h4-6,12-13H,7-11H2,1-3H3,(H,21,26)/t12-,13+,20-/m1/s1. The molecule has 9 heteroatoms. The van der Waals surface area contributed by atoms with Crippen LogP contribution in [0.5, 0.6) is 11.5 Å². The van der Waals surface area contributed by atoms with Gasteiger partial charge in [0, 0.05) is 19.5 Å². The number of morpholine rings is 1. The summed E-state index contributed by atoms with van der Waals surface area (Å²) in [4.78, 5) is 40.8. The molecular weight excluding hydrogens is 378 g/mol. The maximum atomic E-state index is 13.0. The third-order valence-electron chi connectivity index (χ3n) is 5.41. The van der Waals surface area contributed by atoms with Gasteiger partial charge in [-0.05, 0) is 38.5 Å². The summed E-state index contributed by atoms with van der Waals surface area (Å²) in [6.07, 6.45) is 0.119. The van der Waals surface area contributed by atoms with Crippen molar-refractivity contribution in [3.05, 3.63) is 23.8 Å². The van der Waals surface area contributed by atoms with E-state index in [0.29, 0.717) is 24.6 Å². The number of hydrogen-bond donors (Lipinski definition) is 1. The van der Waals surface area contributed by atoms with E-state index in [0.717, 1.165) is 10.5 Å². The Morgan fingerprint density at radius 3 is 2.59 bits per heavy atom. The lowest BCUT2D eigenvalue weighted by molar-refractivity contribution is -0.146. The molecular formula is C20H25N3O6. The average molecular weight is 403 g/mol. The fraction of sp³-hybridized carbons (Fsp3) is 0.550. The largest absolute Gasteiger partial charge is 0.454 e. The lowest BCUT2D eigenvalue weighted by Crippen LogP contribution is -2.52. The van der Waals surface area contributed by atoms with Crippen LogP contribution in [0.15, 0.2) is 18.2 Å². The molecule has 2 fully saturated rings. The minimum Gasteiger partial charge on any atom is -0.454 e. The molecule has 2 saturated heterocycles. The molecule has 4 rings (SSSR count). The van der Waals surface area contributed by atoms with Crippen LogP contribution in [0.3, 0.4) is 0 Å². The molecule has 1 aromatic rings. The number of ether oxygens (including phenoxy) is 3. The fourth-order valence-corrected chi connectivity index (χ4v) is 4.09. The summed E-state index contributed by atoms with van der Waals surface area (Å²) in [5.41, 5.74) is -0.300. The second-order valence-corrected chi connectivity index (χ2v) is 8.07. The van der Waals surface area contributed by atoms with Crippen LogP contribution >= 0.6 is 0 Å². The van der Waals surface area contributed by atoms with Gasteiger partial charge >= 0.3 is 6.03 Å². The Kier molecular flexibility index (Phi) is 4.85. The topological polar surface area (TPSA) is 97.4 Å². The number of nitrogens with zero attached hydrogens (tertiary/aromatic N) is 2. The van der Waals surface area contributed by atoms with Crippen molar-refractivity contribution in [2.75, 3.05) is 26.4 Å². The summed E-state index contributed by atoms with van der Waals surface area (Å²) in [6.45, 7) is 6.24. The highest BCUT2D eigenvalue weighted by atomic mass is 16.7. The molecule has 0 unspecified atom stereocenters. The van der Waals surface area contributed by atoms with E-state index in [1.54, 1.807) is 24.0 Å². The summed E-state index contributed by atoms with van der Waals surface area (Å²) in [6, 6.07) is 4.87. The number of nitrogens with one attached hydrogen (secondary N) is 1. The third kappa shape index (κ3) is 3.74. The molecule has 0 aromatic heterocycles. The van der Waals surface area contributed by atoms with E-state index in [-0.39, 0.29) is 37.9 Å². The number of amides is 4.